The molecule has 3 heterocycles. The summed E-state index contributed by atoms with van der Waals surface area (Å²) in [5, 5.41) is 3.01. The standard InChI is InChI=1S/C25H19F3N6O/c1-14(31-22-21-18(11-6-12-30-21)32-24(29)33-22)19-13-15-7-5-10-17(25(26,27)28)20(15)23(35)34(19)16-8-3-2-4-9-16/h2-14H,1H3,(H3,29,31,32,33)/t14-/m0/s1. The van der Waals surface area contributed by atoms with Crippen LogP contribution in [0.1, 0.15) is 24.2 Å². The Kier molecular flexibility index (Phi) is 5.35. The average molecular weight is 476 g/mol. The highest BCUT2D eigenvalue weighted by Gasteiger charge is 2.34. The summed E-state index contributed by atoms with van der Waals surface area (Å²) in [6.45, 7) is 1.78. The normalized spacial score (nSPS) is 12.7. The molecule has 0 aliphatic heterocycles. The van der Waals surface area contributed by atoms with Gasteiger partial charge < -0.3 is 11.1 Å². The number of aromatic nitrogens is 4. The summed E-state index contributed by atoms with van der Waals surface area (Å²) < 4.78 is 42.6. The van der Waals surface area contributed by atoms with E-state index in [1.54, 1.807) is 61.7 Å². The molecule has 5 aromatic rings. The molecule has 0 bridgehead atoms. The zero-order valence-electron chi connectivity index (χ0n) is 18.4. The molecule has 0 radical (unpaired) electrons. The van der Waals surface area contributed by atoms with Gasteiger partial charge in [-0.25, -0.2) is 4.98 Å². The first kappa shape index (κ1) is 22.3. The highest BCUT2D eigenvalue weighted by molar-refractivity contribution is 5.87. The maximum Gasteiger partial charge on any atom is 0.417 e. The maximum absolute atomic E-state index is 13.8. The van der Waals surface area contributed by atoms with Crippen LogP contribution in [0, 0.1) is 0 Å². The van der Waals surface area contributed by atoms with Crippen LogP contribution in [-0.4, -0.2) is 19.5 Å². The fraction of sp³-hybridized carbons (Fsp3) is 0.120. The Hall–Kier alpha value is -4.47. The SMILES string of the molecule is C[C@H](Nc1nc(N)nc2cccnc12)c1cc2cccc(C(F)(F)F)c2c(=O)n1-c1ccccc1. The van der Waals surface area contributed by atoms with Gasteiger partial charge >= 0.3 is 6.18 Å². The van der Waals surface area contributed by atoms with E-state index in [1.165, 1.54) is 16.7 Å². The Bertz CT molecular complexity index is 1620. The van der Waals surface area contributed by atoms with Crippen LogP contribution in [0.25, 0.3) is 27.5 Å². The number of nitrogen functional groups attached to an aromatic ring is 1. The molecule has 0 spiro atoms. The smallest absolute Gasteiger partial charge is 0.368 e. The number of halogens is 3. The van der Waals surface area contributed by atoms with Gasteiger partial charge in [0.25, 0.3) is 5.56 Å². The molecule has 0 aliphatic carbocycles. The van der Waals surface area contributed by atoms with Crippen molar-refractivity contribution in [2.75, 3.05) is 11.1 Å². The molecule has 2 aromatic carbocycles. The van der Waals surface area contributed by atoms with E-state index >= 15 is 0 Å². The van der Waals surface area contributed by atoms with E-state index in [9.17, 15) is 18.0 Å². The second kappa shape index (κ2) is 8.39. The molecule has 7 nitrogen and oxygen atoms in total. The zero-order chi connectivity index (χ0) is 24.7. The van der Waals surface area contributed by atoms with Gasteiger partial charge in [0.1, 0.15) is 5.52 Å². The minimum Gasteiger partial charge on any atom is -0.368 e. The first-order valence-corrected chi connectivity index (χ1v) is 10.7. The van der Waals surface area contributed by atoms with Gasteiger partial charge in [-0.3, -0.25) is 14.3 Å². The molecule has 0 saturated heterocycles. The maximum atomic E-state index is 13.8. The Labute approximate surface area is 197 Å². The molecule has 0 unspecified atom stereocenters. The Balaban J connectivity index is 1.74. The number of nitrogens with one attached hydrogen (secondary N) is 1. The van der Waals surface area contributed by atoms with Gasteiger partial charge in [-0.05, 0) is 48.7 Å². The number of pyridine rings is 2. The van der Waals surface area contributed by atoms with E-state index in [0.717, 1.165) is 6.07 Å². The van der Waals surface area contributed by atoms with Gasteiger partial charge in [-0.2, -0.15) is 18.2 Å². The largest absolute Gasteiger partial charge is 0.417 e. The van der Waals surface area contributed by atoms with E-state index in [-0.39, 0.29) is 11.3 Å². The summed E-state index contributed by atoms with van der Waals surface area (Å²) in [4.78, 5) is 26.4. The lowest BCUT2D eigenvalue weighted by Crippen LogP contribution is -2.27. The third-order valence-corrected chi connectivity index (χ3v) is 5.66. The molecule has 0 fully saturated rings. The summed E-state index contributed by atoms with van der Waals surface area (Å²) in [7, 11) is 0. The van der Waals surface area contributed by atoms with Crippen LogP contribution >= 0.6 is 0 Å². The summed E-state index contributed by atoms with van der Waals surface area (Å²) >= 11 is 0. The molecule has 1 atom stereocenters. The van der Waals surface area contributed by atoms with Crippen LogP contribution in [0.15, 0.2) is 77.7 Å². The molecule has 0 amide bonds. The molecule has 0 saturated carbocycles. The summed E-state index contributed by atoms with van der Waals surface area (Å²) in [5.74, 6) is 0.380. The number of hydrogen-bond donors (Lipinski definition) is 2. The van der Waals surface area contributed by atoms with Crippen LogP contribution < -0.4 is 16.6 Å². The van der Waals surface area contributed by atoms with Crippen LogP contribution in [0.3, 0.4) is 0 Å². The topological polar surface area (TPSA) is 98.7 Å². The predicted octanol–water partition coefficient (Wildman–Crippen LogP) is 5.10. The summed E-state index contributed by atoms with van der Waals surface area (Å²) in [5.41, 5.74) is 6.00. The van der Waals surface area contributed by atoms with Crippen LogP contribution in [0.5, 0.6) is 0 Å². The van der Waals surface area contributed by atoms with Crippen LogP contribution in [0.2, 0.25) is 0 Å². The molecule has 0 aliphatic rings. The molecule has 10 heteroatoms. The van der Waals surface area contributed by atoms with Crippen molar-refractivity contribution < 1.29 is 13.2 Å². The third kappa shape index (κ3) is 4.03. The first-order chi connectivity index (χ1) is 16.7. The van der Waals surface area contributed by atoms with Crippen molar-refractivity contribution in [3.8, 4) is 5.69 Å². The van der Waals surface area contributed by atoms with Gasteiger partial charge in [0, 0.05) is 17.6 Å². The Morgan fingerprint density at radius 3 is 2.51 bits per heavy atom. The van der Waals surface area contributed by atoms with Crippen LogP contribution in [0.4, 0.5) is 24.9 Å². The number of anilines is 2. The van der Waals surface area contributed by atoms with Crippen molar-refractivity contribution in [1.82, 2.24) is 19.5 Å². The monoisotopic (exact) mass is 476 g/mol. The third-order valence-electron chi connectivity index (χ3n) is 5.66. The van der Waals surface area contributed by atoms with Gasteiger partial charge in [-0.15, -0.1) is 0 Å². The van der Waals surface area contributed by atoms with Crippen LogP contribution in [-0.2, 0) is 6.18 Å². The highest BCUT2D eigenvalue weighted by Crippen LogP contribution is 2.35. The van der Waals surface area contributed by atoms with Crippen molar-refractivity contribution in [3.63, 3.8) is 0 Å². The number of hydrogen-bond acceptors (Lipinski definition) is 6. The molecule has 3 aromatic heterocycles. The molecule has 35 heavy (non-hydrogen) atoms. The van der Waals surface area contributed by atoms with Crippen molar-refractivity contribution >= 4 is 33.6 Å². The number of para-hydroxylation sites is 1. The van der Waals surface area contributed by atoms with Crippen molar-refractivity contribution in [1.29, 1.82) is 0 Å². The minimum atomic E-state index is -4.68. The number of alkyl halides is 3. The quantitative estimate of drug-likeness (QED) is 0.374. The van der Waals surface area contributed by atoms with E-state index in [4.69, 9.17) is 5.73 Å². The lowest BCUT2D eigenvalue weighted by Gasteiger charge is -2.22. The summed E-state index contributed by atoms with van der Waals surface area (Å²) in [6.07, 6.45) is -3.09. The number of benzene rings is 2. The number of fused-ring (bicyclic) bond motifs is 2. The van der Waals surface area contributed by atoms with Gasteiger partial charge in [0.05, 0.1) is 22.5 Å². The fourth-order valence-corrected chi connectivity index (χ4v) is 4.15. The minimum absolute atomic E-state index is 0.0361. The average Bonchev–Trinajstić information content (AvgIpc) is 2.83. The van der Waals surface area contributed by atoms with E-state index < -0.39 is 28.7 Å². The lowest BCUT2D eigenvalue weighted by molar-refractivity contribution is -0.136. The van der Waals surface area contributed by atoms with E-state index in [1.807, 2.05) is 0 Å². The van der Waals surface area contributed by atoms with E-state index in [0.29, 0.717) is 28.2 Å². The molecular weight excluding hydrogens is 457 g/mol. The molecule has 176 valence electrons. The van der Waals surface area contributed by atoms with Crippen molar-refractivity contribution in [3.05, 3.63) is 94.5 Å². The van der Waals surface area contributed by atoms with Crippen molar-refractivity contribution in [2.24, 2.45) is 0 Å². The summed E-state index contributed by atoms with van der Waals surface area (Å²) in [6, 6.07) is 16.7. The second-order valence-corrected chi connectivity index (χ2v) is 7.98. The number of nitrogens with zero attached hydrogens (tertiary/aromatic N) is 4. The Morgan fingerprint density at radius 1 is 1.00 bits per heavy atom. The van der Waals surface area contributed by atoms with Crippen molar-refractivity contribution in [2.45, 2.75) is 19.1 Å². The Morgan fingerprint density at radius 2 is 1.77 bits per heavy atom. The first-order valence-electron chi connectivity index (χ1n) is 10.7. The molecule has 5 rings (SSSR count). The number of rotatable bonds is 4. The van der Waals surface area contributed by atoms with Gasteiger partial charge in [0.2, 0.25) is 5.95 Å². The molecule has 3 N–H and O–H groups in total. The predicted molar refractivity (Wildman–Crippen MR) is 128 cm³/mol. The number of nitrogens with two attached hydrogens (primary N) is 1. The van der Waals surface area contributed by atoms with Gasteiger partial charge in [-0.1, -0.05) is 30.3 Å². The van der Waals surface area contributed by atoms with Gasteiger partial charge in [0.15, 0.2) is 5.82 Å². The zero-order valence-corrected chi connectivity index (χ0v) is 18.4. The lowest BCUT2D eigenvalue weighted by atomic mass is 10.0. The van der Waals surface area contributed by atoms with E-state index in [2.05, 4.69) is 20.3 Å². The second-order valence-electron chi connectivity index (χ2n) is 7.98. The highest BCUT2D eigenvalue weighted by atomic mass is 19.4. The molecular formula is C25H19F3N6O. The fourth-order valence-electron chi connectivity index (χ4n) is 4.15.